The van der Waals surface area contributed by atoms with Crippen LogP contribution in [0, 0.1) is 11.3 Å². The maximum atomic E-state index is 12.8. The second kappa shape index (κ2) is 8.25. The topological polar surface area (TPSA) is 92.1 Å². The fourth-order valence-corrected chi connectivity index (χ4v) is 3.20. The van der Waals surface area contributed by atoms with E-state index in [2.05, 4.69) is 16.4 Å². The van der Waals surface area contributed by atoms with Gasteiger partial charge in [0.1, 0.15) is 0 Å². The Morgan fingerprint density at radius 3 is 2.59 bits per heavy atom. The molecule has 6 nitrogen and oxygen atoms in total. The van der Waals surface area contributed by atoms with Crippen molar-refractivity contribution < 1.29 is 14.3 Å². The van der Waals surface area contributed by atoms with Crippen LogP contribution in [0.1, 0.15) is 33.3 Å². The van der Waals surface area contributed by atoms with E-state index in [4.69, 9.17) is 4.74 Å². The molecule has 0 spiro atoms. The van der Waals surface area contributed by atoms with Crippen LogP contribution in [0.25, 0.3) is 11.1 Å². The Balaban J connectivity index is 1.89. The van der Waals surface area contributed by atoms with Gasteiger partial charge in [-0.15, -0.1) is 11.3 Å². The number of esters is 1. The van der Waals surface area contributed by atoms with Crippen molar-refractivity contribution in [1.29, 1.82) is 5.26 Å². The van der Waals surface area contributed by atoms with Crippen LogP contribution in [0.5, 0.6) is 0 Å². The van der Waals surface area contributed by atoms with Crippen molar-refractivity contribution in [3.63, 3.8) is 0 Å². The maximum Gasteiger partial charge on any atom is 0.357 e. The number of nitriles is 1. The van der Waals surface area contributed by atoms with Crippen LogP contribution >= 0.6 is 11.3 Å². The van der Waals surface area contributed by atoms with Gasteiger partial charge in [0.25, 0.3) is 5.91 Å². The van der Waals surface area contributed by atoms with Gasteiger partial charge in [-0.05, 0) is 24.6 Å². The van der Waals surface area contributed by atoms with E-state index in [1.807, 2.05) is 12.1 Å². The van der Waals surface area contributed by atoms with Crippen molar-refractivity contribution in [3.05, 3.63) is 70.7 Å². The molecule has 0 aliphatic carbocycles. The van der Waals surface area contributed by atoms with Crippen LogP contribution in [-0.4, -0.2) is 23.5 Å². The number of rotatable bonds is 5. The van der Waals surface area contributed by atoms with Crippen molar-refractivity contribution in [2.24, 2.45) is 0 Å². The number of aromatic nitrogens is 1. The lowest BCUT2D eigenvalue weighted by atomic mass is 9.95. The van der Waals surface area contributed by atoms with Crippen molar-refractivity contribution >= 4 is 28.3 Å². The van der Waals surface area contributed by atoms with Crippen LogP contribution in [0.15, 0.2) is 53.9 Å². The first kappa shape index (κ1) is 18.3. The van der Waals surface area contributed by atoms with E-state index < -0.39 is 5.97 Å². The molecule has 2 aromatic carbocycles. The summed E-state index contributed by atoms with van der Waals surface area (Å²) in [5.41, 5.74) is 2.37. The maximum absolute atomic E-state index is 12.8. The van der Waals surface area contributed by atoms with Gasteiger partial charge in [-0.25, -0.2) is 9.78 Å². The van der Waals surface area contributed by atoms with Gasteiger partial charge in [0.05, 0.1) is 18.2 Å². The Bertz CT molecular complexity index is 1040. The van der Waals surface area contributed by atoms with Gasteiger partial charge in [0.15, 0.2) is 10.8 Å². The molecule has 0 aliphatic rings. The standard InChI is InChI=1S/C20H15N3O3S/c1-2-26-19(25)17-12-27-20(22-17)23-18(24)16-10-6-5-9-15(16)14-8-4-3-7-13(14)11-21/h3-10,12H,2H2,1H3,(H,22,23,24). The lowest BCUT2D eigenvalue weighted by Gasteiger charge is -2.10. The molecule has 1 aromatic heterocycles. The molecule has 1 heterocycles. The van der Waals surface area contributed by atoms with E-state index in [1.54, 1.807) is 43.3 Å². The highest BCUT2D eigenvalue weighted by atomic mass is 32.1. The highest BCUT2D eigenvalue weighted by molar-refractivity contribution is 7.14. The fraction of sp³-hybridized carbons (Fsp3) is 0.100. The lowest BCUT2D eigenvalue weighted by molar-refractivity contribution is 0.0520. The molecule has 0 saturated heterocycles. The number of hydrogen-bond acceptors (Lipinski definition) is 6. The zero-order valence-corrected chi connectivity index (χ0v) is 15.2. The number of hydrogen-bond donors (Lipinski definition) is 1. The second-order valence-corrected chi connectivity index (χ2v) is 6.27. The van der Waals surface area contributed by atoms with Crippen LogP contribution in [0.2, 0.25) is 0 Å². The number of ether oxygens (including phenoxy) is 1. The minimum absolute atomic E-state index is 0.153. The van der Waals surface area contributed by atoms with E-state index in [0.29, 0.717) is 27.4 Å². The Morgan fingerprint density at radius 2 is 1.85 bits per heavy atom. The summed E-state index contributed by atoms with van der Waals surface area (Å²) in [6, 6.07) is 16.3. The van der Waals surface area contributed by atoms with Crippen molar-refractivity contribution in [1.82, 2.24) is 4.98 Å². The second-order valence-electron chi connectivity index (χ2n) is 5.42. The van der Waals surface area contributed by atoms with Gasteiger partial charge >= 0.3 is 5.97 Å². The van der Waals surface area contributed by atoms with E-state index >= 15 is 0 Å². The first-order chi connectivity index (χ1) is 13.1. The SMILES string of the molecule is CCOC(=O)c1csc(NC(=O)c2ccccc2-c2ccccc2C#N)n1. The highest BCUT2D eigenvalue weighted by Gasteiger charge is 2.17. The molecule has 0 radical (unpaired) electrons. The van der Waals surface area contributed by atoms with Crippen molar-refractivity contribution in [3.8, 4) is 17.2 Å². The predicted molar refractivity (Wildman–Crippen MR) is 103 cm³/mol. The van der Waals surface area contributed by atoms with Gasteiger partial charge in [-0.1, -0.05) is 36.4 Å². The minimum atomic E-state index is -0.530. The fourth-order valence-electron chi connectivity index (χ4n) is 2.53. The van der Waals surface area contributed by atoms with Gasteiger partial charge < -0.3 is 4.74 Å². The third kappa shape index (κ3) is 4.02. The summed E-state index contributed by atoms with van der Waals surface area (Å²) in [5.74, 6) is -0.902. The number of benzene rings is 2. The molecular formula is C20H15N3O3S. The normalized spacial score (nSPS) is 10.1. The monoisotopic (exact) mass is 377 g/mol. The molecule has 134 valence electrons. The smallest absolute Gasteiger partial charge is 0.357 e. The summed E-state index contributed by atoms with van der Waals surface area (Å²) in [4.78, 5) is 28.6. The molecule has 0 saturated carbocycles. The number of amides is 1. The van der Waals surface area contributed by atoms with E-state index in [0.717, 1.165) is 11.3 Å². The van der Waals surface area contributed by atoms with Gasteiger partial charge in [-0.2, -0.15) is 5.26 Å². The van der Waals surface area contributed by atoms with Crippen LogP contribution in [0.3, 0.4) is 0 Å². The number of carbonyl (C=O) groups is 2. The number of thiazole rings is 1. The summed E-state index contributed by atoms with van der Waals surface area (Å²) in [6.45, 7) is 1.96. The summed E-state index contributed by atoms with van der Waals surface area (Å²) >= 11 is 1.14. The quantitative estimate of drug-likeness (QED) is 0.676. The average Bonchev–Trinajstić information content (AvgIpc) is 3.16. The summed E-state index contributed by atoms with van der Waals surface area (Å²) < 4.78 is 4.90. The number of carbonyl (C=O) groups excluding carboxylic acids is 2. The summed E-state index contributed by atoms with van der Waals surface area (Å²) in [7, 11) is 0. The van der Waals surface area contributed by atoms with Crippen molar-refractivity contribution in [2.45, 2.75) is 6.92 Å². The highest BCUT2D eigenvalue weighted by Crippen LogP contribution is 2.28. The van der Waals surface area contributed by atoms with Gasteiger partial charge in [0.2, 0.25) is 0 Å². The first-order valence-electron chi connectivity index (χ1n) is 8.16. The summed E-state index contributed by atoms with van der Waals surface area (Å²) in [5, 5.41) is 13.9. The molecule has 1 amide bonds. The van der Waals surface area contributed by atoms with E-state index in [9.17, 15) is 14.9 Å². The Kier molecular flexibility index (Phi) is 5.59. The third-order valence-electron chi connectivity index (χ3n) is 3.72. The van der Waals surface area contributed by atoms with Crippen molar-refractivity contribution in [2.75, 3.05) is 11.9 Å². The molecular weight excluding hydrogens is 362 g/mol. The summed E-state index contributed by atoms with van der Waals surface area (Å²) in [6.07, 6.45) is 0. The Labute approximate surface area is 160 Å². The number of nitrogens with zero attached hydrogens (tertiary/aromatic N) is 2. The molecule has 0 bridgehead atoms. The predicted octanol–water partition coefficient (Wildman–Crippen LogP) is 4.11. The van der Waals surface area contributed by atoms with Gasteiger partial charge in [-0.3, -0.25) is 10.1 Å². The van der Waals surface area contributed by atoms with E-state index in [-0.39, 0.29) is 18.2 Å². The van der Waals surface area contributed by atoms with Gasteiger partial charge in [0, 0.05) is 16.5 Å². The molecule has 0 atom stereocenters. The lowest BCUT2D eigenvalue weighted by Crippen LogP contribution is -2.13. The molecule has 0 aliphatic heterocycles. The average molecular weight is 377 g/mol. The first-order valence-corrected chi connectivity index (χ1v) is 9.04. The number of anilines is 1. The van der Waals surface area contributed by atoms with E-state index in [1.165, 1.54) is 5.38 Å². The molecule has 1 N–H and O–H groups in total. The molecule has 0 unspecified atom stereocenters. The Morgan fingerprint density at radius 1 is 1.15 bits per heavy atom. The van der Waals surface area contributed by atoms with Crippen LogP contribution in [-0.2, 0) is 4.74 Å². The largest absolute Gasteiger partial charge is 0.461 e. The Hall–Kier alpha value is -3.50. The van der Waals surface area contributed by atoms with Crippen LogP contribution in [0.4, 0.5) is 5.13 Å². The van der Waals surface area contributed by atoms with Crippen LogP contribution < -0.4 is 5.32 Å². The number of nitrogens with one attached hydrogen (secondary N) is 1. The molecule has 27 heavy (non-hydrogen) atoms. The zero-order chi connectivity index (χ0) is 19.2. The third-order valence-corrected chi connectivity index (χ3v) is 4.48. The molecule has 3 aromatic rings. The molecule has 3 rings (SSSR count). The zero-order valence-electron chi connectivity index (χ0n) is 14.4. The minimum Gasteiger partial charge on any atom is -0.461 e. The molecule has 0 fully saturated rings. The molecule has 7 heteroatoms.